The molecule has 1 amide bonds. The zero-order valence-electron chi connectivity index (χ0n) is 15.4. The predicted octanol–water partition coefficient (Wildman–Crippen LogP) is 3.81. The van der Waals surface area contributed by atoms with Crippen molar-refractivity contribution >= 4 is 28.0 Å². The first-order valence-corrected chi connectivity index (χ1v) is 10.1. The number of ether oxygens (including phenoxy) is 1. The van der Waals surface area contributed by atoms with E-state index >= 15 is 0 Å². The van der Waals surface area contributed by atoms with Crippen LogP contribution in [0.1, 0.15) is 29.0 Å². The molecule has 0 saturated carbocycles. The Morgan fingerprint density at radius 3 is 2.69 bits per heavy atom. The quantitative estimate of drug-likeness (QED) is 0.562. The molecule has 0 radical (unpaired) electrons. The van der Waals surface area contributed by atoms with Gasteiger partial charge in [-0.05, 0) is 23.3 Å². The van der Waals surface area contributed by atoms with Gasteiger partial charge in [0.1, 0.15) is 18.2 Å². The second kappa shape index (κ2) is 7.18. The van der Waals surface area contributed by atoms with Crippen LogP contribution in [-0.2, 0) is 11.4 Å². The van der Waals surface area contributed by atoms with Crippen LogP contribution in [0.5, 0.6) is 5.75 Å². The van der Waals surface area contributed by atoms with E-state index < -0.39 is 0 Å². The van der Waals surface area contributed by atoms with Crippen molar-refractivity contribution in [3.63, 3.8) is 0 Å². The molecule has 29 heavy (non-hydrogen) atoms. The summed E-state index contributed by atoms with van der Waals surface area (Å²) in [5, 5.41) is 4.69. The molecule has 0 unspecified atom stereocenters. The van der Waals surface area contributed by atoms with Crippen molar-refractivity contribution in [2.45, 2.75) is 18.9 Å². The average Bonchev–Trinajstić information content (AvgIpc) is 3.21. The van der Waals surface area contributed by atoms with Crippen molar-refractivity contribution in [1.82, 2.24) is 9.38 Å². The van der Waals surface area contributed by atoms with E-state index in [9.17, 15) is 9.59 Å². The highest BCUT2D eigenvalue weighted by atomic mass is 32.1. The molecule has 1 aliphatic rings. The number of anilines is 1. The highest BCUT2D eigenvalue weighted by Crippen LogP contribution is 2.36. The van der Waals surface area contributed by atoms with E-state index in [0.717, 1.165) is 16.9 Å². The number of hydrogen-bond acceptors (Lipinski definition) is 5. The minimum Gasteiger partial charge on any atom is -0.489 e. The normalized spacial score (nSPS) is 15.7. The third-order valence-electron chi connectivity index (χ3n) is 5.04. The van der Waals surface area contributed by atoms with Gasteiger partial charge in [-0.25, -0.2) is 0 Å². The van der Waals surface area contributed by atoms with Crippen LogP contribution in [0.4, 0.5) is 5.82 Å². The molecule has 0 fully saturated rings. The Kier molecular flexibility index (Phi) is 4.37. The maximum absolute atomic E-state index is 12.7. The molecular weight excluding hydrogens is 386 g/mol. The summed E-state index contributed by atoms with van der Waals surface area (Å²) in [4.78, 5) is 29.8. The fourth-order valence-corrected chi connectivity index (χ4v) is 4.34. The Morgan fingerprint density at radius 1 is 1.10 bits per heavy atom. The summed E-state index contributed by atoms with van der Waals surface area (Å²) in [7, 11) is 0. The first-order chi connectivity index (χ1) is 14.2. The molecular formula is C22H17N3O3S. The fourth-order valence-electron chi connectivity index (χ4n) is 3.64. The number of carbonyl (C=O) groups is 1. The predicted molar refractivity (Wildman–Crippen MR) is 112 cm³/mol. The molecule has 0 bridgehead atoms. The van der Waals surface area contributed by atoms with E-state index in [1.54, 1.807) is 4.40 Å². The topological polar surface area (TPSA) is 72.7 Å². The molecule has 1 N–H and O–H groups in total. The summed E-state index contributed by atoms with van der Waals surface area (Å²) in [5.74, 6) is 0.810. The minimum atomic E-state index is -0.335. The number of aromatic nitrogens is 2. The van der Waals surface area contributed by atoms with Crippen LogP contribution in [0.3, 0.4) is 0 Å². The molecule has 7 heteroatoms. The second-order valence-electron chi connectivity index (χ2n) is 6.88. The van der Waals surface area contributed by atoms with Crippen molar-refractivity contribution in [3.05, 3.63) is 93.2 Å². The molecule has 0 saturated heterocycles. The Labute approximate surface area is 170 Å². The highest BCUT2D eigenvalue weighted by molar-refractivity contribution is 7.15. The van der Waals surface area contributed by atoms with Gasteiger partial charge in [0.2, 0.25) is 5.91 Å². The van der Waals surface area contributed by atoms with Crippen molar-refractivity contribution in [2.75, 3.05) is 5.32 Å². The number of benzene rings is 2. The SMILES string of the molecule is O=C1C[C@H](c2ccc(OCc3ccccc3)cc2)c2c(n3ccsc3nc2=O)N1. The summed E-state index contributed by atoms with van der Waals surface area (Å²) < 4.78 is 7.61. The van der Waals surface area contributed by atoms with Gasteiger partial charge in [-0.15, -0.1) is 11.3 Å². The number of amides is 1. The van der Waals surface area contributed by atoms with Gasteiger partial charge < -0.3 is 10.1 Å². The van der Waals surface area contributed by atoms with Gasteiger partial charge in [0.05, 0.1) is 5.56 Å². The van der Waals surface area contributed by atoms with E-state index in [0.29, 0.717) is 22.9 Å². The molecule has 0 spiro atoms. The maximum atomic E-state index is 12.7. The van der Waals surface area contributed by atoms with E-state index in [4.69, 9.17) is 4.74 Å². The maximum Gasteiger partial charge on any atom is 0.279 e. The first kappa shape index (κ1) is 17.6. The van der Waals surface area contributed by atoms with Gasteiger partial charge >= 0.3 is 0 Å². The van der Waals surface area contributed by atoms with Crippen molar-refractivity contribution in [2.24, 2.45) is 0 Å². The molecule has 4 aromatic rings. The van der Waals surface area contributed by atoms with Crippen LogP contribution in [0, 0.1) is 0 Å². The number of hydrogen-bond donors (Lipinski definition) is 1. The molecule has 1 aliphatic heterocycles. The van der Waals surface area contributed by atoms with Gasteiger partial charge in [0, 0.05) is 23.9 Å². The third-order valence-corrected chi connectivity index (χ3v) is 5.80. The summed E-state index contributed by atoms with van der Waals surface area (Å²) in [6.45, 7) is 0.482. The van der Waals surface area contributed by atoms with Crippen LogP contribution in [-0.4, -0.2) is 15.3 Å². The molecule has 3 heterocycles. The molecule has 6 nitrogen and oxygen atoms in total. The van der Waals surface area contributed by atoms with Crippen molar-refractivity contribution < 1.29 is 9.53 Å². The standard InChI is InChI=1S/C22H17N3O3S/c26-18-12-17(19-20(23-18)25-10-11-29-22(25)24-21(19)27)15-6-8-16(9-7-15)28-13-14-4-2-1-3-5-14/h1-11,17H,12-13H2,(H,23,26)/t17-/m1/s1. The highest BCUT2D eigenvalue weighted by Gasteiger charge is 2.31. The Hall–Kier alpha value is -3.45. The molecule has 2 aromatic heterocycles. The summed E-state index contributed by atoms with van der Waals surface area (Å²) in [5.41, 5.74) is 2.21. The smallest absolute Gasteiger partial charge is 0.279 e. The van der Waals surface area contributed by atoms with E-state index in [1.165, 1.54) is 11.3 Å². The fraction of sp³-hybridized carbons (Fsp3) is 0.136. The molecule has 2 aromatic carbocycles. The number of fused-ring (bicyclic) bond motifs is 3. The van der Waals surface area contributed by atoms with Gasteiger partial charge in [-0.2, -0.15) is 4.98 Å². The summed E-state index contributed by atoms with van der Waals surface area (Å²) in [6, 6.07) is 17.5. The van der Waals surface area contributed by atoms with Crippen molar-refractivity contribution in [1.29, 1.82) is 0 Å². The minimum absolute atomic E-state index is 0.113. The van der Waals surface area contributed by atoms with Crippen LogP contribution in [0.15, 0.2) is 71.0 Å². The lowest BCUT2D eigenvalue weighted by Crippen LogP contribution is -2.31. The largest absolute Gasteiger partial charge is 0.489 e. The Morgan fingerprint density at radius 2 is 1.90 bits per heavy atom. The van der Waals surface area contributed by atoms with E-state index in [-0.39, 0.29) is 23.8 Å². The number of nitrogens with zero attached hydrogens (tertiary/aromatic N) is 2. The zero-order valence-corrected chi connectivity index (χ0v) is 16.2. The van der Waals surface area contributed by atoms with Gasteiger partial charge in [-0.3, -0.25) is 14.0 Å². The molecule has 144 valence electrons. The van der Waals surface area contributed by atoms with Gasteiger partial charge in [0.25, 0.3) is 5.56 Å². The van der Waals surface area contributed by atoms with Crippen LogP contribution < -0.4 is 15.6 Å². The number of nitrogens with one attached hydrogen (secondary N) is 1. The van der Waals surface area contributed by atoms with Gasteiger partial charge in [-0.1, -0.05) is 42.5 Å². The van der Waals surface area contributed by atoms with Crippen molar-refractivity contribution in [3.8, 4) is 5.75 Å². The molecule has 1 atom stereocenters. The third kappa shape index (κ3) is 3.30. The number of rotatable bonds is 4. The number of carbonyl (C=O) groups excluding carboxylic acids is 1. The summed E-state index contributed by atoms with van der Waals surface area (Å²) in [6.07, 6.45) is 2.03. The lowest BCUT2D eigenvalue weighted by Gasteiger charge is -2.25. The lowest BCUT2D eigenvalue weighted by molar-refractivity contribution is -0.116. The molecule has 0 aliphatic carbocycles. The monoisotopic (exact) mass is 403 g/mol. The number of thiazole rings is 1. The summed E-state index contributed by atoms with van der Waals surface area (Å²) >= 11 is 1.36. The van der Waals surface area contributed by atoms with Crippen LogP contribution in [0.25, 0.3) is 4.96 Å². The first-order valence-electron chi connectivity index (χ1n) is 9.25. The molecule has 5 rings (SSSR count). The Balaban J connectivity index is 1.46. The zero-order chi connectivity index (χ0) is 19.8. The van der Waals surface area contributed by atoms with Gasteiger partial charge in [0.15, 0.2) is 4.96 Å². The van der Waals surface area contributed by atoms with Crippen LogP contribution >= 0.6 is 11.3 Å². The Bertz CT molecular complexity index is 1250. The van der Waals surface area contributed by atoms with Crippen LogP contribution in [0.2, 0.25) is 0 Å². The lowest BCUT2D eigenvalue weighted by atomic mass is 9.87. The van der Waals surface area contributed by atoms with E-state index in [2.05, 4.69) is 10.3 Å². The second-order valence-corrected chi connectivity index (χ2v) is 7.76. The van der Waals surface area contributed by atoms with E-state index in [1.807, 2.05) is 66.2 Å². The average molecular weight is 403 g/mol.